The molecule has 7 N–H and O–H groups in total. The molecule has 0 saturated heterocycles. The fraction of sp³-hybridized carbons (Fsp3) is 0.692. The predicted molar refractivity (Wildman–Crippen MR) is 88.2 cm³/mol. The van der Waals surface area contributed by atoms with Gasteiger partial charge >= 0.3 is 5.97 Å². The van der Waals surface area contributed by atoms with Crippen LogP contribution in [0, 0.1) is 0 Å². The van der Waals surface area contributed by atoms with Crippen LogP contribution in [0.4, 0.5) is 0 Å². The molecule has 10 nitrogen and oxygen atoms in total. The number of carbonyl (C=O) groups is 4. The van der Waals surface area contributed by atoms with Gasteiger partial charge in [-0.05, 0) is 25.4 Å². The summed E-state index contributed by atoms with van der Waals surface area (Å²) in [5, 5.41) is 25.0. The van der Waals surface area contributed by atoms with Crippen molar-refractivity contribution < 1.29 is 29.4 Å². The highest BCUT2D eigenvalue weighted by Crippen LogP contribution is 2.01. The second-order valence-electron chi connectivity index (χ2n) is 4.92. The fourth-order valence-corrected chi connectivity index (χ4v) is 2.09. The SMILES string of the molecule is CSCCC(NC(=O)C(C)NC(=O)C(CO)NC(=O)CN)C(=O)O. The molecule has 0 aromatic rings. The third-order valence-corrected chi connectivity index (χ3v) is 3.64. The molecule has 0 aliphatic heterocycles. The molecule has 0 aromatic heterocycles. The van der Waals surface area contributed by atoms with Gasteiger partial charge in [-0.25, -0.2) is 4.79 Å². The number of aliphatic hydroxyl groups is 1. The van der Waals surface area contributed by atoms with Gasteiger partial charge in [0.15, 0.2) is 0 Å². The van der Waals surface area contributed by atoms with E-state index in [1.807, 2.05) is 6.26 Å². The van der Waals surface area contributed by atoms with Crippen LogP contribution in [0.5, 0.6) is 0 Å². The second-order valence-corrected chi connectivity index (χ2v) is 5.90. The lowest BCUT2D eigenvalue weighted by atomic mass is 10.2. The first kappa shape index (κ1) is 22.1. The zero-order valence-electron chi connectivity index (χ0n) is 13.6. The molecule has 0 aliphatic carbocycles. The number of hydrogen-bond donors (Lipinski definition) is 6. The van der Waals surface area contributed by atoms with Gasteiger partial charge in [-0.15, -0.1) is 0 Å². The molecule has 24 heavy (non-hydrogen) atoms. The summed E-state index contributed by atoms with van der Waals surface area (Å²) in [4.78, 5) is 46.1. The molecular weight excluding hydrogens is 340 g/mol. The Kier molecular flexibility index (Phi) is 10.8. The number of amides is 3. The molecule has 138 valence electrons. The van der Waals surface area contributed by atoms with Crippen molar-refractivity contribution >= 4 is 35.5 Å². The lowest BCUT2D eigenvalue weighted by molar-refractivity contribution is -0.142. The van der Waals surface area contributed by atoms with Crippen LogP contribution >= 0.6 is 11.8 Å². The highest BCUT2D eigenvalue weighted by atomic mass is 32.2. The van der Waals surface area contributed by atoms with E-state index in [1.165, 1.54) is 18.7 Å². The summed E-state index contributed by atoms with van der Waals surface area (Å²) in [5.74, 6) is -2.71. The van der Waals surface area contributed by atoms with Crippen molar-refractivity contribution in [2.24, 2.45) is 5.73 Å². The zero-order chi connectivity index (χ0) is 18.7. The monoisotopic (exact) mass is 364 g/mol. The second kappa shape index (κ2) is 11.6. The fourth-order valence-electron chi connectivity index (χ4n) is 1.62. The summed E-state index contributed by atoms with van der Waals surface area (Å²) >= 11 is 1.45. The van der Waals surface area contributed by atoms with Crippen molar-refractivity contribution in [3.05, 3.63) is 0 Å². The van der Waals surface area contributed by atoms with Crippen LogP contribution < -0.4 is 21.7 Å². The van der Waals surface area contributed by atoms with Crippen LogP contribution in [0.1, 0.15) is 13.3 Å². The Morgan fingerprint density at radius 2 is 1.71 bits per heavy atom. The molecule has 3 unspecified atom stereocenters. The number of rotatable bonds is 11. The minimum atomic E-state index is -1.25. The summed E-state index contributed by atoms with van der Waals surface area (Å²) in [5.41, 5.74) is 5.10. The minimum Gasteiger partial charge on any atom is -0.480 e. The summed E-state index contributed by atoms with van der Waals surface area (Å²) in [6, 6.07) is -3.35. The zero-order valence-corrected chi connectivity index (χ0v) is 14.4. The number of carbonyl (C=O) groups excluding carboxylic acids is 3. The first-order valence-electron chi connectivity index (χ1n) is 7.19. The van der Waals surface area contributed by atoms with Crippen molar-refractivity contribution in [1.82, 2.24) is 16.0 Å². The van der Waals surface area contributed by atoms with E-state index in [4.69, 9.17) is 15.9 Å². The summed E-state index contributed by atoms with van der Waals surface area (Å²) in [6.07, 6.45) is 2.06. The molecular formula is C13H24N4O6S. The normalized spacial score (nSPS) is 14.2. The molecule has 0 aromatic carbocycles. The Morgan fingerprint density at radius 3 is 2.17 bits per heavy atom. The average Bonchev–Trinajstić information content (AvgIpc) is 2.55. The Hall–Kier alpha value is -1.85. The maximum atomic E-state index is 12.0. The number of nitrogens with one attached hydrogen (secondary N) is 3. The first-order chi connectivity index (χ1) is 11.3. The van der Waals surface area contributed by atoms with Crippen LogP contribution in [-0.2, 0) is 19.2 Å². The number of carboxylic acid groups (broad SMARTS) is 1. The molecule has 0 fully saturated rings. The van der Waals surface area contributed by atoms with Gasteiger partial charge in [0.05, 0.1) is 13.2 Å². The Labute approximate surface area is 143 Å². The van der Waals surface area contributed by atoms with Crippen LogP contribution in [0.2, 0.25) is 0 Å². The van der Waals surface area contributed by atoms with Crippen molar-refractivity contribution in [2.45, 2.75) is 31.5 Å². The summed E-state index contributed by atoms with van der Waals surface area (Å²) in [6.45, 7) is 0.340. The lowest BCUT2D eigenvalue weighted by Crippen LogP contribution is -2.56. The number of carboxylic acids is 1. The molecule has 3 amide bonds. The van der Waals surface area contributed by atoms with Crippen LogP contribution in [0.3, 0.4) is 0 Å². The number of nitrogens with two attached hydrogens (primary N) is 1. The van der Waals surface area contributed by atoms with Crippen LogP contribution in [0.15, 0.2) is 0 Å². The van der Waals surface area contributed by atoms with E-state index in [1.54, 1.807) is 0 Å². The maximum Gasteiger partial charge on any atom is 0.326 e. The van der Waals surface area contributed by atoms with Crippen LogP contribution in [-0.4, -0.2) is 77.2 Å². The van der Waals surface area contributed by atoms with Gasteiger partial charge in [-0.3, -0.25) is 14.4 Å². The van der Waals surface area contributed by atoms with Gasteiger partial charge in [-0.2, -0.15) is 11.8 Å². The van der Waals surface area contributed by atoms with Crippen molar-refractivity contribution in [3.63, 3.8) is 0 Å². The quantitative estimate of drug-likeness (QED) is 0.229. The van der Waals surface area contributed by atoms with E-state index in [0.29, 0.717) is 5.75 Å². The lowest BCUT2D eigenvalue weighted by Gasteiger charge is -2.21. The van der Waals surface area contributed by atoms with Crippen molar-refractivity contribution in [2.75, 3.05) is 25.2 Å². The molecule has 0 heterocycles. The van der Waals surface area contributed by atoms with E-state index >= 15 is 0 Å². The van der Waals surface area contributed by atoms with Gasteiger partial charge < -0.3 is 31.9 Å². The topological polar surface area (TPSA) is 171 Å². The highest BCUT2D eigenvalue weighted by Gasteiger charge is 2.26. The van der Waals surface area contributed by atoms with Gasteiger partial charge in [-0.1, -0.05) is 0 Å². The number of aliphatic carboxylic acids is 1. The van der Waals surface area contributed by atoms with Gasteiger partial charge in [0.2, 0.25) is 17.7 Å². The number of thioether (sulfide) groups is 1. The first-order valence-corrected chi connectivity index (χ1v) is 8.58. The van der Waals surface area contributed by atoms with E-state index in [2.05, 4.69) is 16.0 Å². The molecule has 0 radical (unpaired) electrons. The Balaban J connectivity index is 4.63. The van der Waals surface area contributed by atoms with E-state index in [0.717, 1.165) is 0 Å². The van der Waals surface area contributed by atoms with E-state index < -0.39 is 48.4 Å². The third kappa shape index (κ3) is 8.13. The van der Waals surface area contributed by atoms with Gasteiger partial charge in [0, 0.05) is 0 Å². The molecule has 11 heteroatoms. The largest absolute Gasteiger partial charge is 0.480 e. The smallest absolute Gasteiger partial charge is 0.326 e. The number of hydrogen-bond acceptors (Lipinski definition) is 7. The highest BCUT2D eigenvalue weighted by molar-refractivity contribution is 7.98. The Morgan fingerprint density at radius 1 is 1.08 bits per heavy atom. The van der Waals surface area contributed by atoms with E-state index in [9.17, 15) is 19.2 Å². The predicted octanol–water partition coefficient (Wildman–Crippen LogP) is -2.75. The molecule has 0 aliphatic rings. The van der Waals surface area contributed by atoms with E-state index in [-0.39, 0.29) is 13.0 Å². The minimum absolute atomic E-state index is 0.245. The Bertz CT molecular complexity index is 462. The standard InChI is InChI=1S/C13H24N4O6S/c1-7(11(20)17-8(13(22)23)3-4-24-2)15-12(21)9(6-18)16-10(19)5-14/h7-9,18H,3-6,14H2,1-2H3,(H,15,21)(H,16,19)(H,17,20)(H,22,23). The molecule has 0 spiro atoms. The van der Waals surface area contributed by atoms with Gasteiger partial charge in [0.25, 0.3) is 0 Å². The van der Waals surface area contributed by atoms with Gasteiger partial charge in [0.1, 0.15) is 18.1 Å². The molecule has 0 rings (SSSR count). The summed E-state index contributed by atoms with van der Waals surface area (Å²) < 4.78 is 0. The third-order valence-electron chi connectivity index (χ3n) is 3.00. The van der Waals surface area contributed by atoms with Crippen molar-refractivity contribution in [1.29, 1.82) is 0 Å². The van der Waals surface area contributed by atoms with Crippen molar-refractivity contribution in [3.8, 4) is 0 Å². The maximum absolute atomic E-state index is 12.0. The molecule has 3 atom stereocenters. The average molecular weight is 364 g/mol. The van der Waals surface area contributed by atoms with Crippen LogP contribution in [0.25, 0.3) is 0 Å². The number of aliphatic hydroxyl groups excluding tert-OH is 1. The molecule has 0 bridgehead atoms. The molecule has 0 saturated carbocycles. The summed E-state index contributed by atoms with van der Waals surface area (Å²) in [7, 11) is 0.